The number of hydrogen-bond acceptors (Lipinski definition) is 8. The number of alkyl halides is 3. The third-order valence-corrected chi connectivity index (χ3v) is 4.10. The maximum absolute atomic E-state index is 12.5. The smallest absolute Gasteiger partial charge is 0.463 e. The summed E-state index contributed by atoms with van der Waals surface area (Å²) >= 11 is 0. The van der Waals surface area contributed by atoms with Crippen LogP contribution in [0.2, 0.25) is 0 Å². The van der Waals surface area contributed by atoms with Gasteiger partial charge >= 0.3 is 21.6 Å². The fourth-order valence-corrected chi connectivity index (χ4v) is 2.83. The first-order valence-electron chi connectivity index (χ1n) is 6.46. The molecule has 0 bridgehead atoms. The Morgan fingerprint density at radius 1 is 1.26 bits per heavy atom. The van der Waals surface area contributed by atoms with Crippen LogP contribution >= 0.6 is 0 Å². The molecule has 134 valence electrons. The van der Waals surface area contributed by atoms with Crippen LogP contribution in [0.3, 0.4) is 0 Å². The van der Waals surface area contributed by atoms with E-state index < -0.39 is 58.6 Å². The van der Waals surface area contributed by atoms with Gasteiger partial charge in [0.15, 0.2) is 12.1 Å². The van der Waals surface area contributed by atoms with Gasteiger partial charge in [-0.1, -0.05) is 0 Å². The molecule has 0 radical (unpaired) electrons. The van der Waals surface area contributed by atoms with E-state index in [0.717, 1.165) is 6.92 Å². The molecule has 4 atom stereocenters. The summed E-state index contributed by atoms with van der Waals surface area (Å²) in [5.74, 6) is -1.91. The summed E-state index contributed by atoms with van der Waals surface area (Å²) in [5, 5.41) is 0. The Hall–Kier alpha value is -0.950. The summed E-state index contributed by atoms with van der Waals surface area (Å²) in [6.45, 7) is 3.53. The zero-order valence-electron chi connectivity index (χ0n) is 12.3. The topological polar surface area (TPSA) is 97.4 Å². The number of carbonyl (C=O) groups excluding carboxylic acids is 1. The Bertz CT molecular complexity index is 572. The number of esters is 1. The molecule has 2 saturated heterocycles. The Morgan fingerprint density at radius 3 is 2.39 bits per heavy atom. The molecule has 0 amide bonds. The van der Waals surface area contributed by atoms with Crippen LogP contribution in [-0.2, 0) is 38.0 Å². The molecule has 2 heterocycles. The molecule has 2 aliphatic heterocycles. The molecule has 3 unspecified atom stereocenters. The number of hydrogen-bond donors (Lipinski definition) is 0. The van der Waals surface area contributed by atoms with Crippen LogP contribution in [0.4, 0.5) is 13.2 Å². The predicted octanol–water partition coefficient (Wildman–Crippen LogP) is 0.661. The highest BCUT2D eigenvalue weighted by Gasteiger charge is 2.59. The molecule has 0 spiro atoms. The average molecular weight is 364 g/mol. The van der Waals surface area contributed by atoms with E-state index >= 15 is 0 Å². The van der Waals surface area contributed by atoms with Crippen molar-refractivity contribution in [3.63, 3.8) is 0 Å². The van der Waals surface area contributed by atoms with Crippen molar-refractivity contribution in [2.24, 2.45) is 0 Å². The third-order valence-electron chi connectivity index (χ3n) is 3.06. The first-order chi connectivity index (χ1) is 10.3. The highest BCUT2D eigenvalue weighted by atomic mass is 32.2. The van der Waals surface area contributed by atoms with Crippen LogP contribution in [0.15, 0.2) is 0 Å². The molecule has 0 aromatic carbocycles. The standard InChI is InChI=1S/C11H15F3O8S/c1-5(15)18-4-6-7(22-23(16,17)11(12,13)14)8-9(19-6)21-10(2,3)20-8/h6-9H,4H2,1-3H3/t6-,7?,8?,9?/m1/s1. The molecule has 12 heteroatoms. The van der Waals surface area contributed by atoms with Gasteiger partial charge in [-0.05, 0) is 13.8 Å². The number of fused-ring (bicyclic) bond motifs is 1. The van der Waals surface area contributed by atoms with Gasteiger partial charge in [0.2, 0.25) is 0 Å². The maximum Gasteiger partial charge on any atom is 0.523 e. The van der Waals surface area contributed by atoms with Gasteiger partial charge in [-0.2, -0.15) is 21.6 Å². The Morgan fingerprint density at radius 2 is 1.87 bits per heavy atom. The lowest BCUT2D eigenvalue weighted by Gasteiger charge is -2.25. The van der Waals surface area contributed by atoms with Gasteiger partial charge in [-0.3, -0.25) is 8.98 Å². The second-order valence-corrected chi connectivity index (χ2v) is 6.97. The number of halogens is 3. The summed E-state index contributed by atoms with van der Waals surface area (Å²) in [6.07, 6.45) is -5.32. The van der Waals surface area contributed by atoms with Gasteiger partial charge < -0.3 is 18.9 Å². The summed E-state index contributed by atoms with van der Waals surface area (Å²) in [5.41, 5.74) is -5.61. The molecule has 0 N–H and O–H groups in total. The zero-order chi connectivity index (χ0) is 17.6. The lowest BCUT2D eigenvalue weighted by molar-refractivity contribution is -0.218. The van der Waals surface area contributed by atoms with E-state index in [2.05, 4.69) is 8.92 Å². The molecular formula is C11H15F3O8S. The summed E-state index contributed by atoms with van der Waals surface area (Å²) in [7, 11) is -5.88. The Labute approximate surface area is 129 Å². The molecular weight excluding hydrogens is 349 g/mol. The molecule has 2 rings (SSSR count). The van der Waals surface area contributed by atoms with Gasteiger partial charge in [0, 0.05) is 6.92 Å². The fourth-order valence-electron chi connectivity index (χ4n) is 2.20. The van der Waals surface area contributed by atoms with E-state index in [1.54, 1.807) is 0 Å². The highest BCUT2D eigenvalue weighted by Crippen LogP contribution is 2.40. The average Bonchev–Trinajstić information content (AvgIpc) is 2.79. The fraction of sp³-hybridized carbons (Fsp3) is 0.909. The summed E-state index contributed by atoms with van der Waals surface area (Å²) in [4.78, 5) is 10.8. The van der Waals surface area contributed by atoms with Gasteiger partial charge in [0.25, 0.3) is 0 Å². The molecule has 23 heavy (non-hydrogen) atoms. The number of ether oxygens (including phenoxy) is 4. The molecule has 0 aromatic heterocycles. The maximum atomic E-state index is 12.5. The van der Waals surface area contributed by atoms with E-state index in [9.17, 15) is 26.4 Å². The quantitative estimate of drug-likeness (QED) is 0.408. The largest absolute Gasteiger partial charge is 0.523 e. The van der Waals surface area contributed by atoms with Crippen LogP contribution in [0.25, 0.3) is 0 Å². The Kier molecular flexibility index (Phi) is 4.67. The Balaban J connectivity index is 2.20. The normalized spacial score (nSPS) is 33.5. The van der Waals surface area contributed by atoms with E-state index in [0.29, 0.717) is 0 Å². The second kappa shape index (κ2) is 5.84. The van der Waals surface area contributed by atoms with E-state index in [-0.39, 0.29) is 0 Å². The zero-order valence-corrected chi connectivity index (χ0v) is 13.1. The van der Waals surface area contributed by atoms with Gasteiger partial charge in [0.05, 0.1) is 0 Å². The van der Waals surface area contributed by atoms with Gasteiger partial charge in [-0.25, -0.2) is 0 Å². The van der Waals surface area contributed by atoms with E-state index in [4.69, 9.17) is 14.2 Å². The minimum absolute atomic E-state index is 0.506. The minimum Gasteiger partial charge on any atom is -0.463 e. The van der Waals surface area contributed by atoms with Crippen molar-refractivity contribution >= 4 is 16.1 Å². The lowest BCUT2D eigenvalue weighted by Crippen LogP contribution is -2.43. The molecule has 0 aliphatic carbocycles. The first-order valence-corrected chi connectivity index (χ1v) is 7.87. The number of carbonyl (C=O) groups is 1. The van der Waals surface area contributed by atoms with Crippen molar-refractivity contribution in [1.82, 2.24) is 0 Å². The molecule has 8 nitrogen and oxygen atoms in total. The van der Waals surface area contributed by atoms with Crippen molar-refractivity contribution in [1.29, 1.82) is 0 Å². The number of rotatable bonds is 4. The van der Waals surface area contributed by atoms with Crippen LogP contribution in [0.5, 0.6) is 0 Å². The molecule has 2 fully saturated rings. The highest BCUT2D eigenvalue weighted by molar-refractivity contribution is 7.87. The monoisotopic (exact) mass is 364 g/mol. The van der Waals surface area contributed by atoms with Crippen molar-refractivity contribution < 1.29 is 49.5 Å². The molecule has 0 saturated carbocycles. The first kappa shape index (κ1) is 18.4. The molecule has 0 aromatic rings. The second-order valence-electron chi connectivity index (χ2n) is 5.41. The SMILES string of the molecule is CC(=O)OC[C@H]1OC2OC(C)(C)OC2C1OS(=O)(=O)C(F)(F)F. The van der Waals surface area contributed by atoms with Gasteiger partial charge in [0.1, 0.15) is 24.9 Å². The lowest BCUT2D eigenvalue weighted by atomic mass is 10.1. The van der Waals surface area contributed by atoms with Crippen LogP contribution in [0, 0.1) is 0 Å². The summed E-state index contributed by atoms with van der Waals surface area (Å²) in [6, 6.07) is 0. The third kappa shape index (κ3) is 3.94. The van der Waals surface area contributed by atoms with Crippen LogP contribution < -0.4 is 0 Å². The van der Waals surface area contributed by atoms with Crippen LogP contribution in [0.1, 0.15) is 20.8 Å². The van der Waals surface area contributed by atoms with E-state index in [1.165, 1.54) is 13.8 Å². The predicted molar refractivity (Wildman–Crippen MR) is 65.2 cm³/mol. The van der Waals surface area contributed by atoms with E-state index in [1.807, 2.05) is 0 Å². The minimum atomic E-state index is -5.88. The van der Waals surface area contributed by atoms with Gasteiger partial charge in [-0.15, -0.1) is 0 Å². The van der Waals surface area contributed by atoms with Crippen molar-refractivity contribution in [2.45, 2.75) is 56.7 Å². The molecule has 2 aliphatic rings. The van der Waals surface area contributed by atoms with Crippen molar-refractivity contribution in [3.05, 3.63) is 0 Å². The van der Waals surface area contributed by atoms with Crippen LogP contribution in [-0.4, -0.2) is 56.9 Å². The summed E-state index contributed by atoms with van der Waals surface area (Å²) < 4.78 is 84.8. The van der Waals surface area contributed by atoms with Crippen molar-refractivity contribution in [2.75, 3.05) is 6.61 Å². The van der Waals surface area contributed by atoms with Crippen molar-refractivity contribution in [3.8, 4) is 0 Å².